The fourth-order valence-corrected chi connectivity index (χ4v) is 3.81. The van der Waals surface area contributed by atoms with Crippen LogP contribution >= 0.6 is 0 Å². The summed E-state index contributed by atoms with van der Waals surface area (Å²) in [4.78, 5) is 19.4. The maximum Gasteiger partial charge on any atom is 0.251 e. The number of hydrogen-bond acceptors (Lipinski definition) is 4. The van der Waals surface area contributed by atoms with E-state index in [0.29, 0.717) is 12.2 Å². The van der Waals surface area contributed by atoms with Crippen LogP contribution in [0.5, 0.6) is 5.75 Å². The lowest BCUT2D eigenvalue weighted by molar-refractivity contribution is 0.0900. The largest absolute Gasteiger partial charge is 0.486 e. The van der Waals surface area contributed by atoms with E-state index in [1.54, 1.807) is 6.20 Å². The Morgan fingerprint density at radius 2 is 1.97 bits per heavy atom. The Hall–Kier alpha value is -3.12. The van der Waals surface area contributed by atoms with E-state index in [9.17, 15) is 4.79 Å². The summed E-state index contributed by atoms with van der Waals surface area (Å²) in [5, 5.41) is 3.20. The zero-order chi connectivity index (χ0) is 20.8. The second-order valence-corrected chi connectivity index (χ2v) is 7.80. The third-order valence-electron chi connectivity index (χ3n) is 5.50. The standard InChI is InChI=1S/C24H28N4O2/c1-27-15-13-25-23(27)18-30-22-11-9-20(10-12-22)24(29)26-21-8-5-14-28(17-21)16-19-6-3-2-4-7-19/h2-4,6-7,9-13,15,21H,5,8,14,16-18H2,1H3,(H,26,29). The molecule has 0 bridgehead atoms. The molecule has 1 N–H and O–H groups in total. The summed E-state index contributed by atoms with van der Waals surface area (Å²) >= 11 is 0. The van der Waals surface area contributed by atoms with Gasteiger partial charge in [0.2, 0.25) is 0 Å². The van der Waals surface area contributed by atoms with Gasteiger partial charge in [0, 0.05) is 44.1 Å². The Bertz CT molecular complexity index is 953. The number of nitrogens with zero attached hydrogens (tertiary/aromatic N) is 3. The normalized spacial score (nSPS) is 16.9. The van der Waals surface area contributed by atoms with Crippen LogP contribution in [0.4, 0.5) is 0 Å². The van der Waals surface area contributed by atoms with Crippen molar-refractivity contribution in [2.75, 3.05) is 13.1 Å². The van der Waals surface area contributed by atoms with Gasteiger partial charge in [-0.25, -0.2) is 4.98 Å². The first kappa shape index (κ1) is 20.2. The predicted molar refractivity (Wildman–Crippen MR) is 116 cm³/mol. The lowest BCUT2D eigenvalue weighted by Crippen LogP contribution is -2.47. The van der Waals surface area contributed by atoms with Gasteiger partial charge in [0.05, 0.1) is 0 Å². The van der Waals surface area contributed by atoms with Crippen LogP contribution in [0.25, 0.3) is 0 Å². The van der Waals surface area contributed by atoms with Crippen LogP contribution in [0.1, 0.15) is 34.6 Å². The molecule has 6 nitrogen and oxygen atoms in total. The van der Waals surface area contributed by atoms with E-state index in [1.807, 2.05) is 48.1 Å². The Labute approximate surface area is 177 Å². The van der Waals surface area contributed by atoms with E-state index < -0.39 is 0 Å². The first-order valence-electron chi connectivity index (χ1n) is 10.4. The quantitative estimate of drug-likeness (QED) is 0.656. The molecule has 1 atom stereocenters. The van der Waals surface area contributed by atoms with Gasteiger partial charge in [0.25, 0.3) is 5.91 Å². The maximum atomic E-state index is 12.7. The Morgan fingerprint density at radius 1 is 1.17 bits per heavy atom. The van der Waals surface area contributed by atoms with Gasteiger partial charge in [-0.2, -0.15) is 0 Å². The van der Waals surface area contributed by atoms with Gasteiger partial charge in [-0.1, -0.05) is 30.3 Å². The second-order valence-electron chi connectivity index (χ2n) is 7.80. The maximum absolute atomic E-state index is 12.7. The summed E-state index contributed by atoms with van der Waals surface area (Å²) in [5.41, 5.74) is 1.96. The van der Waals surface area contributed by atoms with Crippen molar-refractivity contribution in [2.45, 2.75) is 32.0 Å². The van der Waals surface area contributed by atoms with Gasteiger partial charge in [0.1, 0.15) is 18.2 Å². The third kappa shape index (κ3) is 5.27. The number of carbonyl (C=O) groups excluding carboxylic acids is 1. The summed E-state index contributed by atoms with van der Waals surface area (Å²) < 4.78 is 7.69. The molecule has 6 heteroatoms. The number of imidazole rings is 1. The second kappa shape index (κ2) is 9.59. The van der Waals surface area contributed by atoms with Crippen molar-refractivity contribution in [2.24, 2.45) is 7.05 Å². The van der Waals surface area contributed by atoms with Crippen LogP contribution in [0.3, 0.4) is 0 Å². The van der Waals surface area contributed by atoms with Gasteiger partial charge < -0.3 is 14.6 Å². The number of ether oxygens (including phenoxy) is 1. The highest BCUT2D eigenvalue weighted by Crippen LogP contribution is 2.16. The molecule has 1 saturated heterocycles. The summed E-state index contributed by atoms with van der Waals surface area (Å²) in [6.45, 7) is 3.28. The van der Waals surface area contributed by atoms with Crippen molar-refractivity contribution in [3.05, 3.63) is 83.9 Å². The Balaban J connectivity index is 1.28. The number of rotatable bonds is 7. The minimum atomic E-state index is -0.0304. The smallest absolute Gasteiger partial charge is 0.251 e. The minimum Gasteiger partial charge on any atom is -0.486 e. The molecule has 2 aromatic carbocycles. The molecule has 0 aliphatic carbocycles. The summed E-state index contributed by atoms with van der Waals surface area (Å²) in [7, 11) is 1.94. The molecule has 4 rings (SSSR count). The van der Waals surface area contributed by atoms with Crippen molar-refractivity contribution in [3.8, 4) is 5.75 Å². The molecule has 0 saturated carbocycles. The lowest BCUT2D eigenvalue weighted by Gasteiger charge is -2.33. The molecule has 1 aliphatic rings. The van der Waals surface area contributed by atoms with Gasteiger partial charge in [-0.3, -0.25) is 9.69 Å². The SMILES string of the molecule is Cn1ccnc1COc1ccc(C(=O)NC2CCCN(Cc3ccccc3)C2)cc1. The number of benzene rings is 2. The number of likely N-dealkylation sites (tertiary alicyclic amines) is 1. The number of piperidine rings is 1. The summed E-state index contributed by atoms with van der Waals surface area (Å²) in [5.74, 6) is 1.55. The Kier molecular flexibility index (Phi) is 6.44. The number of aryl methyl sites for hydroxylation is 1. The average molecular weight is 405 g/mol. The fraction of sp³-hybridized carbons (Fsp3) is 0.333. The van der Waals surface area contributed by atoms with E-state index in [4.69, 9.17) is 4.74 Å². The van der Waals surface area contributed by atoms with Gasteiger partial charge in [-0.05, 0) is 49.2 Å². The number of hydrogen-bond donors (Lipinski definition) is 1. The summed E-state index contributed by atoms with van der Waals surface area (Å²) in [6.07, 6.45) is 5.75. The number of aromatic nitrogens is 2. The van der Waals surface area contributed by atoms with Crippen LogP contribution in [0.15, 0.2) is 67.0 Å². The van der Waals surface area contributed by atoms with E-state index in [-0.39, 0.29) is 11.9 Å². The first-order valence-corrected chi connectivity index (χ1v) is 10.4. The molecule has 3 aromatic rings. The number of nitrogens with one attached hydrogen (secondary N) is 1. The zero-order valence-electron chi connectivity index (χ0n) is 17.3. The molecular formula is C24H28N4O2. The highest BCUT2D eigenvalue weighted by Gasteiger charge is 2.22. The molecule has 0 radical (unpaired) electrons. The highest BCUT2D eigenvalue weighted by molar-refractivity contribution is 5.94. The van der Waals surface area contributed by atoms with E-state index in [2.05, 4.69) is 39.5 Å². The predicted octanol–water partition coefficient (Wildman–Crippen LogP) is 3.39. The van der Waals surface area contributed by atoms with Crippen LogP contribution in [-0.2, 0) is 20.2 Å². The van der Waals surface area contributed by atoms with Crippen LogP contribution in [-0.4, -0.2) is 39.5 Å². The van der Waals surface area contributed by atoms with Crippen LogP contribution in [0, 0.1) is 0 Å². The molecule has 1 aromatic heterocycles. The van der Waals surface area contributed by atoms with Crippen molar-refractivity contribution in [3.63, 3.8) is 0 Å². The molecular weight excluding hydrogens is 376 g/mol. The first-order chi connectivity index (χ1) is 14.7. The van der Waals surface area contributed by atoms with Crippen molar-refractivity contribution >= 4 is 5.91 Å². The monoisotopic (exact) mass is 404 g/mol. The fourth-order valence-electron chi connectivity index (χ4n) is 3.81. The van der Waals surface area contributed by atoms with Crippen LogP contribution < -0.4 is 10.1 Å². The molecule has 1 fully saturated rings. The van der Waals surface area contributed by atoms with E-state index in [0.717, 1.165) is 44.0 Å². The minimum absolute atomic E-state index is 0.0304. The molecule has 1 aliphatic heterocycles. The number of amides is 1. The van der Waals surface area contributed by atoms with Crippen LogP contribution in [0.2, 0.25) is 0 Å². The summed E-state index contributed by atoms with van der Waals surface area (Å²) in [6, 6.07) is 18.0. The van der Waals surface area contributed by atoms with E-state index in [1.165, 1.54) is 5.56 Å². The molecule has 1 unspecified atom stereocenters. The zero-order valence-corrected chi connectivity index (χ0v) is 17.3. The number of carbonyl (C=O) groups is 1. The average Bonchev–Trinajstić information content (AvgIpc) is 3.18. The van der Waals surface area contributed by atoms with Gasteiger partial charge >= 0.3 is 0 Å². The molecule has 1 amide bonds. The van der Waals surface area contributed by atoms with Crippen molar-refractivity contribution < 1.29 is 9.53 Å². The third-order valence-corrected chi connectivity index (χ3v) is 5.50. The van der Waals surface area contributed by atoms with Crippen molar-refractivity contribution in [1.82, 2.24) is 19.8 Å². The molecule has 0 spiro atoms. The lowest BCUT2D eigenvalue weighted by atomic mass is 10.0. The Morgan fingerprint density at radius 3 is 2.70 bits per heavy atom. The highest BCUT2D eigenvalue weighted by atomic mass is 16.5. The molecule has 30 heavy (non-hydrogen) atoms. The topological polar surface area (TPSA) is 59.4 Å². The molecule has 2 heterocycles. The molecule has 156 valence electrons. The van der Waals surface area contributed by atoms with Crippen molar-refractivity contribution in [1.29, 1.82) is 0 Å². The van der Waals surface area contributed by atoms with Gasteiger partial charge in [0.15, 0.2) is 0 Å². The van der Waals surface area contributed by atoms with Gasteiger partial charge in [-0.15, -0.1) is 0 Å². The van der Waals surface area contributed by atoms with E-state index >= 15 is 0 Å².